The average Bonchev–Trinajstić information content (AvgIpc) is 2.82. The number of carboxylic acid groups (broad SMARTS) is 1. The molecule has 0 spiro atoms. The van der Waals surface area contributed by atoms with Crippen LogP contribution in [0.25, 0.3) is 5.69 Å². The van der Waals surface area contributed by atoms with Crippen LogP contribution in [-0.2, 0) is 6.61 Å². The first-order valence-electron chi connectivity index (χ1n) is 5.94. The van der Waals surface area contributed by atoms with Crippen LogP contribution in [0.2, 0.25) is 0 Å². The molecule has 100 valence electrons. The molecule has 0 unspecified atom stereocenters. The Kier molecular flexibility index (Phi) is 3.62. The summed E-state index contributed by atoms with van der Waals surface area (Å²) in [4.78, 5) is 11.3. The Bertz CT molecular complexity index is 605. The van der Waals surface area contributed by atoms with Crippen molar-refractivity contribution in [2.45, 2.75) is 26.4 Å². The highest BCUT2D eigenvalue weighted by Gasteiger charge is 2.20. The van der Waals surface area contributed by atoms with Crippen LogP contribution in [0.15, 0.2) is 24.3 Å². The van der Waals surface area contributed by atoms with Crippen molar-refractivity contribution in [1.82, 2.24) is 14.8 Å². The molecule has 0 amide bonds. The third kappa shape index (κ3) is 2.34. The van der Waals surface area contributed by atoms with Gasteiger partial charge in [-0.3, -0.25) is 4.57 Å². The highest BCUT2D eigenvalue weighted by molar-refractivity contribution is 5.92. The number of carboxylic acids is 1. The minimum atomic E-state index is -1.03. The van der Waals surface area contributed by atoms with E-state index in [4.69, 9.17) is 0 Å². The third-order valence-electron chi connectivity index (χ3n) is 2.79. The Morgan fingerprint density at radius 3 is 2.58 bits per heavy atom. The van der Waals surface area contributed by atoms with Gasteiger partial charge in [0.1, 0.15) is 12.4 Å². The number of aromatic carboxylic acids is 1. The minimum Gasteiger partial charge on any atom is -0.478 e. The van der Waals surface area contributed by atoms with Crippen LogP contribution in [0.3, 0.4) is 0 Å². The van der Waals surface area contributed by atoms with E-state index in [1.165, 1.54) is 6.07 Å². The molecule has 0 saturated carbocycles. The zero-order chi connectivity index (χ0) is 14.0. The molecule has 0 saturated heterocycles. The standard InChI is InChI=1S/C13H15N3O3/c1-8(2)12-15-14-11(7-17)16(12)10-6-4-3-5-9(10)13(18)19/h3-6,8,17H,7H2,1-2H3,(H,18,19). The highest BCUT2D eigenvalue weighted by Crippen LogP contribution is 2.22. The molecule has 0 aliphatic heterocycles. The lowest BCUT2D eigenvalue weighted by Gasteiger charge is -2.13. The maximum absolute atomic E-state index is 11.3. The van der Waals surface area contributed by atoms with Gasteiger partial charge in [-0.2, -0.15) is 0 Å². The second-order valence-electron chi connectivity index (χ2n) is 4.44. The number of para-hydroxylation sites is 1. The zero-order valence-corrected chi connectivity index (χ0v) is 10.7. The topological polar surface area (TPSA) is 88.2 Å². The number of hydrogen-bond acceptors (Lipinski definition) is 4. The van der Waals surface area contributed by atoms with E-state index in [-0.39, 0.29) is 18.1 Å². The van der Waals surface area contributed by atoms with E-state index in [0.29, 0.717) is 17.3 Å². The normalized spacial score (nSPS) is 10.9. The number of carbonyl (C=O) groups is 1. The summed E-state index contributed by atoms with van der Waals surface area (Å²) >= 11 is 0. The molecular formula is C13H15N3O3. The Hall–Kier alpha value is -2.21. The number of benzene rings is 1. The average molecular weight is 261 g/mol. The maximum atomic E-state index is 11.3. The molecular weight excluding hydrogens is 246 g/mol. The van der Waals surface area contributed by atoms with Gasteiger partial charge in [-0.1, -0.05) is 26.0 Å². The number of aromatic nitrogens is 3. The van der Waals surface area contributed by atoms with E-state index in [1.54, 1.807) is 22.8 Å². The van der Waals surface area contributed by atoms with Crippen LogP contribution in [0.5, 0.6) is 0 Å². The molecule has 0 aliphatic rings. The fourth-order valence-corrected chi connectivity index (χ4v) is 1.92. The van der Waals surface area contributed by atoms with Gasteiger partial charge >= 0.3 is 5.97 Å². The highest BCUT2D eigenvalue weighted by atomic mass is 16.4. The Morgan fingerprint density at radius 1 is 1.32 bits per heavy atom. The van der Waals surface area contributed by atoms with Gasteiger partial charge in [-0.15, -0.1) is 10.2 Å². The van der Waals surface area contributed by atoms with Gasteiger partial charge in [0.25, 0.3) is 0 Å². The fraction of sp³-hybridized carbons (Fsp3) is 0.308. The summed E-state index contributed by atoms with van der Waals surface area (Å²) in [6.07, 6.45) is 0. The van der Waals surface area contributed by atoms with Crippen LogP contribution in [0.4, 0.5) is 0 Å². The molecule has 0 bridgehead atoms. The molecule has 1 heterocycles. The maximum Gasteiger partial charge on any atom is 0.337 e. The molecule has 0 aliphatic carbocycles. The summed E-state index contributed by atoms with van der Waals surface area (Å²) in [5, 5.41) is 26.5. The predicted octanol–water partition coefficient (Wildman–Crippen LogP) is 1.58. The van der Waals surface area contributed by atoms with Gasteiger partial charge < -0.3 is 10.2 Å². The smallest absolute Gasteiger partial charge is 0.337 e. The number of rotatable bonds is 4. The molecule has 1 aromatic carbocycles. The van der Waals surface area contributed by atoms with E-state index < -0.39 is 5.97 Å². The molecule has 1 aromatic heterocycles. The zero-order valence-electron chi connectivity index (χ0n) is 10.7. The fourth-order valence-electron chi connectivity index (χ4n) is 1.92. The van der Waals surface area contributed by atoms with Crippen LogP contribution in [0.1, 0.15) is 41.8 Å². The van der Waals surface area contributed by atoms with Crippen molar-refractivity contribution in [3.8, 4) is 5.69 Å². The summed E-state index contributed by atoms with van der Waals surface area (Å²) in [5.41, 5.74) is 0.617. The van der Waals surface area contributed by atoms with E-state index in [9.17, 15) is 15.0 Å². The lowest BCUT2D eigenvalue weighted by atomic mass is 10.1. The molecule has 2 rings (SSSR count). The lowest BCUT2D eigenvalue weighted by Crippen LogP contribution is -2.11. The van der Waals surface area contributed by atoms with Crippen LogP contribution < -0.4 is 0 Å². The molecule has 19 heavy (non-hydrogen) atoms. The van der Waals surface area contributed by atoms with Crippen molar-refractivity contribution in [3.05, 3.63) is 41.5 Å². The number of nitrogens with zero attached hydrogens (tertiary/aromatic N) is 3. The minimum absolute atomic E-state index is 0.0645. The Labute approximate surface area is 110 Å². The van der Waals surface area contributed by atoms with Crippen molar-refractivity contribution < 1.29 is 15.0 Å². The van der Waals surface area contributed by atoms with Crippen molar-refractivity contribution in [2.24, 2.45) is 0 Å². The van der Waals surface area contributed by atoms with Crippen molar-refractivity contribution in [2.75, 3.05) is 0 Å². The van der Waals surface area contributed by atoms with Gasteiger partial charge in [0.15, 0.2) is 5.82 Å². The van der Waals surface area contributed by atoms with Gasteiger partial charge in [0.05, 0.1) is 11.3 Å². The first kappa shape index (κ1) is 13.2. The first-order valence-corrected chi connectivity index (χ1v) is 5.94. The lowest BCUT2D eigenvalue weighted by molar-refractivity contribution is 0.0696. The van der Waals surface area contributed by atoms with Crippen molar-refractivity contribution >= 4 is 5.97 Å². The molecule has 6 nitrogen and oxygen atoms in total. The predicted molar refractivity (Wildman–Crippen MR) is 68.3 cm³/mol. The molecule has 0 radical (unpaired) electrons. The van der Waals surface area contributed by atoms with E-state index in [1.807, 2.05) is 13.8 Å². The van der Waals surface area contributed by atoms with Crippen LogP contribution in [-0.4, -0.2) is 30.9 Å². The number of aliphatic hydroxyl groups is 1. The van der Waals surface area contributed by atoms with E-state index in [2.05, 4.69) is 10.2 Å². The second kappa shape index (κ2) is 5.19. The monoisotopic (exact) mass is 261 g/mol. The third-order valence-corrected chi connectivity index (χ3v) is 2.79. The second-order valence-corrected chi connectivity index (χ2v) is 4.44. The molecule has 0 fully saturated rings. The van der Waals surface area contributed by atoms with E-state index in [0.717, 1.165) is 0 Å². The van der Waals surface area contributed by atoms with Gasteiger partial charge in [-0.05, 0) is 12.1 Å². The number of aliphatic hydroxyl groups excluding tert-OH is 1. The first-order chi connectivity index (χ1) is 9.06. The van der Waals surface area contributed by atoms with Crippen LogP contribution >= 0.6 is 0 Å². The summed E-state index contributed by atoms with van der Waals surface area (Å²) in [5.74, 6) is -0.00676. The SMILES string of the molecule is CC(C)c1nnc(CO)n1-c1ccccc1C(=O)O. The Balaban J connectivity index is 2.71. The van der Waals surface area contributed by atoms with E-state index >= 15 is 0 Å². The Morgan fingerprint density at radius 2 is 2.00 bits per heavy atom. The van der Waals surface area contributed by atoms with Gasteiger partial charge in [-0.25, -0.2) is 4.79 Å². The van der Waals surface area contributed by atoms with Crippen LogP contribution in [0, 0.1) is 0 Å². The summed E-state index contributed by atoms with van der Waals surface area (Å²) in [6.45, 7) is 3.57. The molecule has 0 atom stereocenters. The molecule has 6 heteroatoms. The van der Waals surface area contributed by atoms with Gasteiger partial charge in [0, 0.05) is 5.92 Å². The summed E-state index contributed by atoms with van der Waals surface area (Å²) in [6, 6.07) is 6.60. The van der Waals surface area contributed by atoms with Gasteiger partial charge in [0.2, 0.25) is 0 Å². The van der Waals surface area contributed by atoms with Crippen molar-refractivity contribution in [1.29, 1.82) is 0 Å². The summed E-state index contributed by atoms with van der Waals surface area (Å²) < 4.78 is 1.61. The van der Waals surface area contributed by atoms with Crippen molar-refractivity contribution in [3.63, 3.8) is 0 Å². The number of hydrogen-bond donors (Lipinski definition) is 2. The quantitative estimate of drug-likeness (QED) is 0.872. The largest absolute Gasteiger partial charge is 0.478 e. The summed E-state index contributed by atoms with van der Waals surface area (Å²) in [7, 11) is 0. The molecule has 2 N–H and O–H groups in total. The molecule has 2 aromatic rings.